The molecule has 0 aliphatic heterocycles. The Kier molecular flexibility index (Phi) is 11.3. The first-order chi connectivity index (χ1) is 16.3. The van der Waals surface area contributed by atoms with Gasteiger partial charge in [-0.05, 0) is 13.3 Å². The average molecular weight is 499 g/mol. The zero-order chi connectivity index (χ0) is 26.7. The van der Waals surface area contributed by atoms with Gasteiger partial charge in [0.25, 0.3) is 0 Å². The summed E-state index contributed by atoms with van der Waals surface area (Å²) in [6.45, 7) is 1.22. The lowest BCUT2D eigenvalue weighted by Crippen LogP contribution is -2.58. The first kappa shape index (κ1) is 29.0. The van der Waals surface area contributed by atoms with Gasteiger partial charge in [-0.25, -0.2) is 9.78 Å². The van der Waals surface area contributed by atoms with Crippen molar-refractivity contribution >= 4 is 35.6 Å². The summed E-state index contributed by atoms with van der Waals surface area (Å²) in [5.41, 5.74) is 11.0. The smallest absolute Gasteiger partial charge is 0.326 e. The summed E-state index contributed by atoms with van der Waals surface area (Å²) in [5.74, 6) is -6.78. The van der Waals surface area contributed by atoms with Gasteiger partial charge in [0, 0.05) is 24.7 Å². The molecular weight excluding hydrogens is 470 g/mol. The molecule has 1 aromatic rings. The van der Waals surface area contributed by atoms with Crippen molar-refractivity contribution in [1.29, 1.82) is 0 Å². The number of nitrogens with two attached hydrogens (primary N) is 2. The minimum atomic E-state index is -1.61. The fraction of sp³-hybridized carbons (Fsp3) is 0.526. The van der Waals surface area contributed by atoms with Crippen LogP contribution in [0.5, 0.6) is 0 Å². The second-order valence-corrected chi connectivity index (χ2v) is 7.67. The minimum Gasteiger partial charge on any atom is -0.481 e. The van der Waals surface area contributed by atoms with E-state index in [9.17, 15) is 39.0 Å². The van der Waals surface area contributed by atoms with Gasteiger partial charge in [-0.2, -0.15) is 0 Å². The van der Waals surface area contributed by atoms with Gasteiger partial charge >= 0.3 is 11.9 Å². The molecule has 1 aromatic heterocycles. The van der Waals surface area contributed by atoms with Crippen LogP contribution in [0.3, 0.4) is 0 Å². The van der Waals surface area contributed by atoms with E-state index >= 15 is 0 Å². The third-order valence-corrected chi connectivity index (χ3v) is 4.73. The Morgan fingerprint density at radius 3 is 2.06 bits per heavy atom. The van der Waals surface area contributed by atoms with Gasteiger partial charge in [-0.1, -0.05) is 0 Å². The molecule has 16 nitrogen and oxygen atoms in total. The van der Waals surface area contributed by atoms with Crippen LogP contribution in [-0.4, -0.2) is 91.1 Å². The van der Waals surface area contributed by atoms with E-state index in [1.165, 1.54) is 19.4 Å². The van der Waals surface area contributed by atoms with Crippen LogP contribution in [0.25, 0.3) is 0 Å². The summed E-state index contributed by atoms with van der Waals surface area (Å²) >= 11 is 0. The molecule has 5 unspecified atom stereocenters. The monoisotopic (exact) mass is 499 g/mol. The van der Waals surface area contributed by atoms with E-state index in [2.05, 4.69) is 25.9 Å². The van der Waals surface area contributed by atoms with Gasteiger partial charge in [0.05, 0.1) is 18.9 Å². The Morgan fingerprint density at radius 2 is 1.57 bits per heavy atom. The Morgan fingerprint density at radius 1 is 1.00 bits per heavy atom. The molecule has 0 saturated carbocycles. The molecule has 1 heterocycles. The molecule has 16 heteroatoms. The van der Waals surface area contributed by atoms with Gasteiger partial charge in [0.2, 0.25) is 23.6 Å². The summed E-state index contributed by atoms with van der Waals surface area (Å²) in [6.07, 6.45) is -0.523. The van der Waals surface area contributed by atoms with E-state index < -0.39 is 85.1 Å². The first-order valence-electron chi connectivity index (χ1n) is 10.4. The van der Waals surface area contributed by atoms with E-state index in [1.54, 1.807) is 0 Å². The van der Waals surface area contributed by atoms with Crippen molar-refractivity contribution in [2.75, 3.05) is 0 Å². The number of aliphatic hydroxyl groups is 1. The molecule has 0 aliphatic carbocycles. The van der Waals surface area contributed by atoms with Crippen LogP contribution in [0.15, 0.2) is 12.5 Å². The van der Waals surface area contributed by atoms with Crippen molar-refractivity contribution in [3.8, 4) is 0 Å². The number of aromatic nitrogens is 2. The van der Waals surface area contributed by atoms with Crippen molar-refractivity contribution in [2.45, 2.75) is 62.9 Å². The van der Waals surface area contributed by atoms with E-state index in [4.69, 9.17) is 16.6 Å². The highest BCUT2D eigenvalue weighted by molar-refractivity contribution is 5.96. The normalized spacial score (nSPS) is 15.1. The molecule has 0 fully saturated rings. The molecule has 11 N–H and O–H groups in total. The van der Waals surface area contributed by atoms with Crippen molar-refractivity contribution in [3.05, 3.63) is 18.2 Å². The number of primary amides is 1. The summed E-state index contributed by atoms with van der Waals surface area (Å²) in [5, 5.41) is 34.4. The number of hydrogen-bond donors (Lipinski definition) is 9. The van der Waals surface area contributed by atoms with Gasteiger partial charge in [-0.15, -0.1) is 0 Å². The summed E-state index contributed by atoms with van der Waals surface area (Å²) in [4.78, 5) is 78.0. The molecule has 4 amide bonds. The number of amides is 4. The predicted octanol–water partition coefficient (Wildman–Crippen LogP) is -4.06. The summed E-state index contributed by atoms with van der Waals surface area (Å²) < 4.78 is 0. The number of hydrogen-bond acceptors (Lipinski definition) is 9. The molecule has 194 valence electrons. The molecule has 1 rings (SSSR count). The van der Waals surface area contributed by atoms with E-state index in [-0.39, 0.29) is 6.42 Å². The average Bonchev–Trinajstić information content (AvgIpc) is 3.27. The highest BCUT2D eigenvalue weighted by Gasteiger charge is 2.32. The number of carboxylic acids is 2. The molecule has 0 aliphatic rings. The van der Waals surface area contributed by atoms with Crippen LogP contribution in [-0.2, 0) is 35.2 Å². The van der Waals surface area contributed by atoms with Crippen LogP contribution in [0.1, 0.15) is 31.9 Å². The fourth-order valence-corrected chi connectivity index (χ4v) is 2.80. The Hall–Kier alpha value is -4.05. The van der Waals surface area contributed by atoms with Crippen LogP contribution < -0.4 is 27.4 Å². The Labute approximate surface area is 198 Å². The second kappa shape index (κ2) is 13.6. The molecule has 0 saturated heterocycles. The number of carbonyl (C=O) groups excluding carboxylic acids is 4. The van der Waals surface area contributed by atoms with Gasteiger partial charge in [0.1, 0.15) is 24.2 Å². The molecule has 0 bridgehead atoms. The van der Waals surface area contributed by atoms with Crippen molar-refractivity contribution in [2.24, 2.45) is 11.5 Å². The fourth-order valence-electron chi connectivity index (χ4n) is 2.80. The van der Waals surface area contributed by atoms with E-state index in [0.29, 0.717) is 5.69 Å². The number of carbonyl (C=O) groups is 6. The number of imidazole rings is 1. The largest absolute Gasteiger partial charge is 0.481 e. The maximum Gasteiger partial charge on any atom is 0.326 e. The highest BCUT2D eigenvalue weighted by Crippen LogP contribution is 2.05. The SMILES string of the molecule is CC(O)C(N)C(=O)NC(CC(N)=O)C(=O)NC(CCC(=O)O)C(=O)NC(Cc1cnc[nH]1)C(=O)O. The van der Waals surface area contributed by atoms with Crippen molar-refractivity contribution in [1.82, 2.24) is 25.9 Å². The van der Waals surface area contributed by atoms with Crippen LogP contribution in [0.4, 0.5) is 0 Å². The lowest BCUT2D eigenvalue weighted by Gasteiger charge is -2.25. The maximum absolute atomic E-state index is 12.8. The number of aromatic amines is 1. The number of rotatable bonds is 15. The predicted molar refractivity (Wildman–Crippen MR) is 116 cm³/mol. The standard InChI is InChI=1S/C19H29N7O9/c1-8(27)15(21)18(33)25-11(5-13(20)28)17(32)24-10(2-3-14(29)30)16(31)26-12(19(34)35)4-9-6-22-7-23-9/h6-8,10-12,15,27H,2-5,21H2,1H3,(H2,20,28)(H,22,23)(H,24,32)(H,25,33)(H,26,31)(H,29,30)(H,34,35). The van der Waals surface area contributed by atoms with Gasteiger partial charge in [-0.3, -0.25) is 24.0 Å². The molecule has 0 aromatic carbocycles. The number of aliphatic carboxylic acids is 2. The third-order valence-electron chi connectivity index (χ3n) is 4.73. The lowest BCUT2D eigenvalue weighted by atomic mass is 10.1. The topological polar surface area (TPSA) is 280 Å². The van der Waals surface area contributed by atoms with Crippen LogP contribution in [0.2, 0.25) is 0 Å². The third kappa shape index (κ3) is 10.2. The Balaban J connectivity index is 3.03. The maximum atomic E-state index is 12.8. The van der Waals surface area contributed by atoms with Crippen LogP contribution in [0, 0.1) is 0 Å². The minimum absolute atomic E-state index is 0.182. The highest BCUT2D eigenvalue weighted by atomic mass is 16.4. The molecule has 35 heavy (non-hydrogen) atoms. The lowest BCUT2D eigenvalue weighted by molar-refractivity contribution is -0.143. The molecule has 5 atom stereocenters. The molecule has 0 radical (unpaired) electrons. The van der Waals surface area contributed by atoms with Crippen molar-refractivity contribution < 1.29 is 44.1 Å². The number of carboxylic acid groups (broad SMARTS) is 2. The summed E-state index contributed by atoms with van der Waals surface area (Å²) in [6, 6.07) is -6.04. The summed E-state index contributed by atoms with van der Waals surface area (Å²) in [7, 11) is 0. The van der Waals surface area contributed by atoms with E-state index in [0.717, 1.165) is 0 Å². The number of aliphatic hydroxyl groups excluding tert-OH is 1. The number of nitrogens with one attached hydrogen (secondary N) is 4. The first-order valence-corrected chi connectivity index (χ1v) is 10.4. The number of nitrogens with zero attached hydrogens (tertiary/aromatic N) is 1. The zero-order valence-corrected chi connectivity index (χ0v) is 18.8. The quantitative estimate of drug-likeness (QED) is 0.112. The molecule has 0 spiro atoms. The van der Waals surface area contributed by atoms with E-state index in [1.807, 2.05) is 0 Å². The van der Waals surface area contributed by atoms with Crippen LogP contribution >= 0.6 is 0 Å². The van der Waals surface area contributed by atoms with Gasteiger partial charge in [0.15, 0.2) is 0 Å². The van der Waals surface area contributed by atoms with Crippen molar-refractivity contribution in [3.63, 3.8) is 0 Å². The van der Waals surface area contributed by atoms with Gasteiger partial charge < -0.3 is 47.7 Å². The number of H-pyrrole nitrogens is 1. The molecular formula is C19H29N7O9. The second-order valence-electron chi connectivity index (χ2n) is 7.67. The zero-order valence-electron chi connectivity index (χ0n) is 18.8. The Bertz CT molecular complexity index is 920.